The van der Waals surface area contributed by atoms with Gasteiger partial charge in [-0.2, -0.15) is 0 Å². The van der Waals surface area contributed by atoms with Gasteiger partial charge < -0.3 is 19.5 Å². The third-order valence-corrected chi connectivity index (χ3v) is 2.15. The molecule has 0 aromatic heterocycles. The lowest BCUT2D eigenvalue weighted by Gasteiger charge is -2.13. The van der Waals surface area contributed by atoms with E-state index in [1.165, 1.54) is 0 Å². The van der Waals surface area contributed by atoms with E-state index in [1.54, 1.807) is 18.2 Å². The largest absolute Gasteiger partial charge is 0.488 e. The van der Waals surface area contributed by atoms with E-state index in [1.807, 2.05) is 6.07 Å². The fraction of sp³-hybridized carbons (Fsp3) is 0.333. The molecule has 1 fully saturated rings. The predicted octanol–water partition coefficient (Wildman–Crippen LogP) is -0.588. The van der Waals surface area contributed by atoms with Crippen LogP contribution in [0.25, 0.3) is 0 Å². The molecule has 2 rings (SSSR count). The number of benzene rings is 1. The number of hydrogen-bond acceptors (Lipinski definition) is 4. The van der Waals surface area contributed by atoms with Crippen LogP contribution in [0, 0.1) is 0 Å². The fourth-order valence-electron chi connectivity index (χ4n) is 1.50. The molecule has 1 aliphatic heterocycles. The molecule has 74 valence electrons. The van der Waals surface area contributed by atoms with Crippen molar-refractivity contribution in [1.82, 2.24) is 0 Å². The van der Waals surface area contributed by atoms with Crippen LogP contribution in [-0.4, -0.2) is 30.4 Å². The van der Waals surface area contributed by atoms with Crippen LogP contribution in [0.3, 0.4) is 0 Å². The van der Waals surface area contributed by atoms with E-state index >= 15 is 0 Å². The minimum Gasteiger partial charge on any atom is -0.423 e. The van der Waals surface area contributed by atoms with E-state index in [9.17, 15) is 0 Å². The third-order valence-electron chi connectivity index (χ3n) is 2.15. The van der Waals surface area contributed by atoms with Gasteiger partial charge in [-0.25, -0.2) is 0 Å². The highest BCUT2D eigenvalue weighted by Crippen LogP contribution is 2.21. The van der Waals surface area contributed by atoms with Gasteiger partial charge in [0.25, 0.3) is 0 Å². The predicted molar refractivity (Wildman–Crippen MR) is 50.9 cm³/mol. The Labute approximate surface area is 82.2 Å². The molecule has 0 bridgehead atoms. The molecule has 0 spiro atoms. The molecule has 0 aliphatic carbocycles. The zero-order valence-electron chi connectivity index (χ0n) is 7.59. The quantitative estimate of drug-likeness (QED) is 0.618. The summed E-state index contributed by atoms with van der Waals surface area (Å²) in [6.07, 6.45) is -0.465. The first kappa shape index (κ1) is 9.67. The van der Waals surface area contributed by atoms with Gasteiger partial charge in [-0.05, 0) is 5.46 Å². The van der Waals surface area contributed by atoms with Gasteiger partial charge in [-0.3, -0.25) is 0 Å². The van der Waals surface area contributed by atoms with Crippen LogP contribution in [-0.2, 0) is 9.47 Å². The van der Waals surface area contributed by atoms with Crippen molar-refractivity contribution in [1.29, 1.82) is 0 Å². The third kappa shape index (κ3) is 1.81. The summed E-state index contributed by atoms with van der Waals surface area (Å²) in [5.41, 5.74) is 1.11. The summed E-state index contributed by atoms with van der Waals surface area (Å²) in [5, 5.41) is 18.2. The average Bonchev–Trinajstić information content (AvgIpc) is 2.70. The Kier molecular flexibility index (Phi) is 2.83. The lowest BCUT2D eigenvalue weighted by molar-refractivity contribution is -0.0435. The Balaban J connectivity index is 2.30. The van der Waals surface area contributed by atoms with Gasteiger partial charge in [0.05, 0.1) is 13.2 Å². The summed E-state index contributed by atoms with van der Waals surface area (Å²) in [6.45, 7) is 1.08. The van der Waals surface area contributed by atoms with E-state index in [4.69, 9.17) is 19.5 Å². The van der Waals surface area contributed by atoms with Crippen molar-refractivity contribution in [3.63, 3.8) is 0 Å². The van der Waals surface area contributed by atoms with Gasteiger partial charge in [0.2, 0.25) is 0 Å². The lowest BCUT2D eigenvalue weighted by atomic mass is 9.77. The summed E-state index contributed by atoms with van der Waals surface area (Å²) < 4.78 is 10.6. The molecule has 5 heteroatoms. The summed E-state index contributed by atoms with van der Waals surface area (Å²) in [5.74, 6) is 0. The fourth-order valence-corrected chi connectivity index (χ4v) is 1.50. The van der Waals surface area contributed by atoms with Gasteiger partial charge >= 0.3 is 7.12 Å². The maximum Gasteiger partial charge on any atom is 0.488 e. The Morgan fingerprint density at radius 2 is 1.79 bits per heavy atom. The van der Waals surface area contributed by atoms with Crippen molar-refractivity contribution in [3.05, 3.63) is 29.8 Å². The van der Waals surface area contributed by atoms with Gasteiger partial charge in [0.15, 0.2) is 6.29 Å². The van der Waals surface area contributed by atoms with Gasteiger partial charge in [0, 0.05) is 5.56 Å². The van der Waals surface area contributed by atoms with Crippen molar-refractivity contribution in [2.45, 2.75) is 6.29 Å². The van der Waals surface area contributed by atoms with Crippen LogP contribution in [0.15, 0.2) is 24.3 Å². The minimum absolute atomic E-state index is 0.430. The molecule has 0 unspecified atom stereocenters. The minimum atomic E-state index is -1.49. The molecule has 1 saturated heterocycles. The topological polar surface area (TPSA) is 58.9 Å². The van der Waals surface area contributed by atoms with Crippen LogP contribution in [0.4, 0.5) is 0 Å². The molecular weight excluding hydrogens is 183 g/mol. The number of ether oxygens (including phenoxy) is 2. The highest BCUT2D eigenvalue weighted by atomic mass is 16.7. The SMILES string of the molecule is OB(O)c1ccccc1C1OCCO1. The lowest BCUT2D eigenvalue weighted by Crippen LogP contribution is -2.34. The van der Waals surface area contributed by atoms with Crippen LogP contribution in [0.1, 0.15) is 11.9 Å². The van der Waals surface area contributed by atoms with Crippen molar-refractivity contribution < 1.29 is 19.5 Å². The molecule has 1 aromatic carbocycles. The van der Waals surface area contributed by atoms with Crippen molar-refractivity contribution in [2.75, 3.05) is 13.2 Å². The van der Waals surface area contributed by atoms with Crippen LogP contribution in [0.5, 0.6) is 0 Å². The standard InChI is InChI=1S/C9H11BO4/c11-10(12)8-4-2-1-3-7(8)9-13-5-6-14-9/h1-4,9,11-12H,5-6H2. The normalized spacial score (nSPS) is 17.3. The first-order chi connectivity index (χ1) is 6.79. The van der Waals surface area contributed by atoms with E-state index in [2.05, 4.69) is 0 Å². The molecule has 1 aliphatic rings. The molecule has 1 heterocycles. The van der Waals surface area contributed by atoms with Gasteiger partial charge in [-0.15, -0.1) is 0 Å². The van der Waals surface area contributed by atoms with E-state index in [0.29, 0.717) is 24.2 Å². The summed E-state index contributed by atoms with van der Waals surface area (Å²) in [6, 6.07) is 6.97. The second kappa shape index (κ2) is 4.10. The Hall–Kier alpha value is -0.875. The molecule has 0 atom stereocenters. The molecule has 0 radical (unpaired) electrons. The number of hydrogen-bond donors (Lipinski definition) is 2. The van der Waals surface area contributed by atoms with Crippen LogP contribution < -0.4 is 5.46 Å². The molecule has 0 amide bonds. The molecule has 0 saturated carbocycles. The molecule has 2 N–H and O–H groups in total. The summed E-state index contributed by atoms with van der Waals surface area (Å²) in [4.78, 5) is 0. The second-order valence-electron chi connectivity index (χ2n) is 3.08. The van der Waals surface area contributed by atoms with Crippen molar-refractivity contribution in [3.8, 4) is 0 Å². The Bertz CT molecular complexity index is 309. The Morgan fingerprint density at radius 3 is 2.43 bits per heavy atom. The zero-order valence-corrected chi connectivity index (χ0v) is 7.59. The monoisotopic (exact) mass is 194 g/mol. The molecule has 4 nitrogen and oxygen atoms in total. The molecule has 14 heavy (non-hydrogen) atoms. The van der Waals surface area contributed by atoms with Crippen LogP contribution in [0.2, 0.25) is 0 Å². The van der Waals surface area contributed by atoms with E-state index in [-0.39, 0.29) is 0 Å². The summed E-state index contributed by atoms with van der Waals surface area (Å²) in [7, 11) is -1.49. The van der Waals surface area contributed by atoms with Gasteiger partial charge in [0.1, 0.15) is 0 Å². The molecule has 1 aromatic rings. The van der Waals surface area contributed by atoms with Crippen molar-refractivity contribution >= 4 is 12.6 Å². The zero-order chi connectivity index (χ0) is 9.97. The summed E-state index contributed by atoms with van der Waals surface area (Å²) >= 11 is 0. The van der Waals surface area contributed by atoms with E-state index < -0.39 is 13.4 Å². The maximum absolute atomic E-state index is 9.11. The number of rotatable bonds is 2. The smallest absolute Gasteiger partial charge is 0.423 e. The van der Waals surface area contributed by atoms with E-state index in [0.717, 1.165) is 0 Å². The average molecular weight is 194 g/mol. The first-order valence-corrected chi connectivity index (χ1v) is 4.47. The van der Waals surface area contributed by atoms with Gasteiger partial charge in [-0.1, -0.05) is 24.3 Å². The highest BCUT2D eigenvalue weighted by molar-refractivity contribution is 6.59. The van der Waals surface area contributed by atoms with Crippen LogP contribution >= 0.6 is 0 Å². The van der Waals surface area contributed by atoms with Crippen molar-refractivity contribution in [2.24, 2.45) is 0 Å². The molecular formula is C9H11BO4. The highest BCUT2D eigenvalue weighted by Gasteiger charge is 2.25. The Morgan fingerprint density at radius 1 is 1.14 bits per heavy atom. The maximum atomic E-state index is 9.11. The second-order valence-corrected chi connectivity index (χ2v) is 3.08. The first-order valence-electron chi connectivity index (χ1n) is 4.47.